The van der Waals surface area contributed by atoms with E-state index in [4.69, 9.17) is 16.3 Å². The normalized spacial score (nSPS) is 30.2. The topological polar surface area (TPSA) is 29.5 Å². The Hall–Kier alpha value is -0.0500. The first-order valence-electron chi connectivity index (χ1n) is 4.31. The third-order valence-corrected chi connectivity index (χ3v) is 2.23. The molecule has 0 saturated heterocycles. The molecule has 0 atom stereocenters. The Bertz CT molecular complexity index is 151. The molecular weight excluding hydrogens is 176 g/mol. The van der Waals surface area contributed by atoms with E-state index in [1.165, 1.54) is 0 Å². The van der Waals surface area contributed by atoms with Crippen molar-refractivity contribution >= 4 is 11.6 Å². The molecule has 12 heavy (non-hydrogen) atoms. The summed E-state index contributed by atoms with van der Waals surface area (Å²) in [6.45, 7) is 3.98. The molecule has 3 heteroatoms. The molecule has 1 aliphatic rings. The summed E-state index contributed by atoms with van der Waals surface area (Å²) in [7, 11) is 0. The van der Waals surface area contributed by atoms with Crippen LogP contribution in [0.15, 0.2) is 11.6 Å². The van der Waals surface area contributed by atoms with E-state index in [1.807, 2.05) is 0 Å². The maximum absolute atomic E-state index is 9.21. The summed E-state index contributed by atoms with van der Waals surface area (Å²) in [5.41, 5.74) is 0. The van der Waals surface area contributed by atoms with Gasteiger partial charge < -0.3 is 9.84 Å². The van der Waals surface area contributed by atoms with Crippen LogP contribution < -0.4 is 0 Å². The minimum atomic E-state index is -0.121. The fraction of sp³-hybridized carbons (Fsp3) is 0.778. The van der Waals surface area contributed by atoms with E-state index in [2.05, 4.69) is 6.58 Å². The van der Waals surface area contributed by atoms with Gasteiger partial charge in [0.05, 0.1) is 18.8 Å². The van der Waals surface area contributed by atoms with E-state index in [0.29, 0.717) is 11.6 Å². The fourth-order valence-corrected chi connectivity index (χ4v) is 1.48. The molecule has 1 fully saturated rings. The zero-order valence-corrected chi connectivity index (χ0v) is 7.89. The van der Waals surface area contributed by atoms with E-state index in [9.17, 15) is 5.11 Å². The number of hydrogen-bond donors (Lipinski definition) is 1. The zero-order valence-electron chi connectivity index (χ0n) is 7.13. The average molecular weight is 191 g/mol. The second-order valence-corrected chi connectivity index (χ2v) is 3.79. The summed E-state index contributed by atoms with van der Waals surface area (Å²) in [6.07, 6.45) is 3.71. The van der Waals surface area contributed by atoms with Gasteiger partial charge in [0.2, 0.25) is 0 Å². The molecule has 0 aromatic heterocycles. The van der Waals surface area contributed by atoms with Gasteiger partial charge >= 0.3 is 0 Å². The van der Waals surface area contributed by atoms with E-state index in [0.717, 1.165) is 25.7 Å². The Kier molecular flexibility index (Phi) is 4.06. The van der Waals surface area contributed by atoms with Gasteiger partial charge in [-0.05, 0) is 25.7 Å². The Morgan fingerprint density at radius 2 is 2.00 bits per heavy atom. The molecule has 0 unspecified atom stereocenters. The third-order valence-electron chi connectivity index (χ3n) is 2.12. The summed E-state index contributed by atoms with van der Waals surface area (Å²) in [6, 6.07) is 0. The second-order valence-electron chi connectivity index (χ2n) is 3.26. The zero-order chi connectivity index (χ0) is 8.97. The van der Waals surface area contributed by atoms with Gasteiger partial charge in [-0.1, -0.05) is 18.2 Å². The largest absolute Gasteiger partial charge is 0.393 e. The second kappa shape index (κ2) is 4.85. The molecule has 0 heterocycles. The number of ether oxygens (including phenoxy) is 1. The summed E-state index contributed by atoms with van der Waals surface area (Å²) >= 11 is 5.56. The van der Waals surface area contributed by atoms with Crippen LogP contribution in [0.5, 0.6) is 0 Å². The lowest BCUT2D eigenvalue weighted by Crippen LogP contribution is -2.24. The summed E-state index contributed by atoms with van der Waals surface area (Å²) in [5, 5.41) is 9.75. The van der Waals surface area contributed by atoms with Crippen molar-refractivity contribution in [1.29, 1.82) is 0 Å². The average Bonchev–Trinajstić information content (AvgIpc) is 2.03. The lowest BCUT2D eigenvalue weighted by molar-refractivity contribution is 0.00817. The Morgan fingerprint density at radius 1 is 1.42 bits per heavy atom. The van der Waals surface area contributed by atoms with Crippen LogP contribution in [0.1, 0.15) is 25.7 Å². The minimum absolute atomic E-state index is 0.121. The van der Waals surface area contributed by atoms with Crippen LogP contribution in [0.2, 0.25) is 0 Å². The van der Waals surface area contributed by atoms with E-state index in [-0.39, 0.29) is 12.2 Å². The van der Waals surface area contributed by atoms with Crippen molar-refractivity contribution in [3.63, 3.8) is 0 Å². The van der Waals surface area contributed by atoms with Crippen molar-refractivity contribution in [3.8, 4) is 0 Å². The van der Waals surface area contributed by atoms with Crippen molar-refractivity contribution in [1.82, 2.24) is 0 Å². The van der Waals surface area contributed by atoms with E-state index < -0.39 is 0 Å². The Morgan fingerprint density at radius 3 is 2.50 bits per heavy atom. The van der Waals surface area contributed by atoms with Gasteiger partial charge in [-0.2, -0.15) is 0 Å². The summed E-state index contributed by atoms with van der Waals surface area (Å²) < 4.78 is 5.45. The predicted molar refractivity (Wildman–Crippen MR) is 49.2 cm³/mol. The van der Waals surface area contributed by atoms with Gasteiger partial charge in [-0.15, -0.1) is 0 Å². The van der Waals surface area contributed by atoms with Crippen LogP contribution in [0.4, 0.5) is 0 Å². The van der Waals surface area contributed by atoms with Gasteiger partial charge in [0.1, 0.15) is 0 Å². The molecule has 2 nitrogen and oxygen atoms in total. The molecule has 0 amide bonds. The maximum Gasteiger partial charge on any atom is 0.0820 e. The standard InChI is InChI=1S/C9H15ClO2/c1-7(10)6-12-9-4-2-8(11)3-5-9/h8-9,11H,1-6H2. The summed E-state index contributed by atoms with van der Waals surface area (Å²) in [5.74, 6) is 0. The molecule has 1 N–H and O–H groups in total. The Labute approximate surface area is 78.2 Å². The highest BCUT2D eigenvalue weighted by Gasteiger charge is 2.19. The van der Waals surface area contributed by atoms with Crippen LogP contribution in [0.3, 0.4) is 0 Å². The van der Waals surface area contributed by atoms with E-state index >= 15 is 0 Å². The third kappa shape index (κ3) is 3.57. The van der Waals surface area contributed by atoms with Gasteiger partial charge in [-0.3, -0.25) is 0 Å². The molecule has 70 valence electrons. The molecule has 1 aliphatic carbocycles. The van der Waals surface area contributed by atoms with Gasteiger partial charge in [0.25, 0.3) is 0 Å². The molecule has 0 aromatic rings. The van der Waals surface area contributed by atoms with Crippen molar-refractivity contribution in [2.24, 2.45) is 0 Å². The number of halogens is 1. The van der Waals surface area contributed by atoms with Crippen molar-refractivity contribution in [2.75, 3.05) is 6.61 Å². The first kappa shape index (κ1) is 10.0. The van der Waals surface area contributed by atoms with Crippen LogP contribution >= 0.6 is 11.6 Å². The number of aliphatic hydroxyl groups excluding tert-OH is 1. The van der Waals surface area contributed by atoms with Crippen molar-refractivity contribution in [3.05, 3.63) is 11.6 Å². The van der Waals surface area contributed by atoms with Crippen LogP contribution in [0.25, 0.3) is 0 Å². The molecule has 0 radical (unpaired) electrons. The highest BCUT2D eigenvalue weighted by Crippen LogP contribution is 2.21. The maximum atomic E-state index is 9.21. The summed E-state index contributed by atoms with van der Waals surface area (Å²) in [4.78, 5) is 0. The van der Waals surface area contributed by atoms with E-state index in [1.54, 1.807) is 0 Å². The number of rotatable bonds is 3. The van der Waals surface area contributed by atoms with Gasteiger partial charge in [-0.25, -0.2) is 0 Å². The SMILES string of the molecule is C=C(Cl)COC1CCC(O)CC1. The molecular formula is C9H15ClO2. The predicted octanol–water partition coefficient (Wildman–Crippen LogP) is 2.06. The van der Waals surface area contributed by atoms with Crippen molar-refractivity contribution in [2.45, 2.75) is 37.9 Å². The number of hydrogen-bond acceptors (Lipinski definition) is 2. The molecule has 0 bridgehead atoms. The van der Waals surface area contributed by atoms with Gasteiger partial charge in [0.15, 0.2) is 0 Å². The highest BCUT2D eigenvalue weighted by molar-refractivity contribution is 6.29. The van der Waals surface area contributed by atoms with Crippen LogP contribution in [0, 0.1) is 0 Å². The Balaban J connectivity index is 2.13. The lowest BCUT2D eigenvalue weighted by atomic mass is 9.95. The van der Waals surface area contributed by atoms with Crippen LogP contribution in [-0.2, 0) is 4.74 Å². The molecule has 1 saturated carbocycles. The number of aliphatic hydroxyl groups is 1. The fourth-order valence-electron chi connectivity index (χ4n) is 1.42. The molecule has 1 rings (SSSR count). The first-order chi connectivity index (χ1) is 5.68. The first-order valence-corrected chi connectivity index (χ1v) is 4.69. The molecule has 0 spiro atoms. The van der Waals surface area contributed by atoms with Gasteiger partial charge in [0, 0.05) is 5.03 Å². The minimum Gasteiger partial charge on any atom is -0.393 e. The molecule has 0 aliphatic heterocycles. The van der Waals surface area contributed by atoms with Crippen LogP contribution in [-0.4, -0.2) is 23.9 Å². The quantitative estimate of drug-likeness (QED) is 0.738. The lowest BCUT2D eigenvalue weighted by Gasteiger charge is -2.25. The highest BCUT2D eigenvalue weighted by atomic mass is 35.5. The van der Waals surface area contributed by atoms with Crippen molar-refractivity contribution < 1.29 is 9.84 Å². The molecule has 0 aromatic carbocycles. The monoisotopic (exact) mass is 190 g/mol. The smallest absolute Gasteiger partial charge is 0.0820 e.